The number of nitrogens with one attached hydrogen (secondary N) is 1. The number of hydrogen-bond acceptors (Lipinski definition) is 3. The van der Waals surface area contributed by atoms with Crippen LogP contribution in [0.3, 0.4) is 0 Å². The first kappa shape index (κ1) is 19.8. The van der Waals surface area contributed by atoms with Crippen LogP contribution in [0.4, 0.5) is 8.78 Å². The molecule has 0 bridgehead atoms. The Morgan fingerprint density at radius 2 is 1.80 bits per heavy atom. The average Bonchev–Trinajstić information content (AvgIpc) is 2.54. The van der Waals surface area contributed by atoms with E-state index < -0.39 is 15.9 Å². The highest BCUT2D eigenvalue weighted by Gasteiger charge is 2.37. The van der Waals surface area contributed by atoms with Crippen molar-refractivity contribution in [3.05, 3.63) is 29.8 Å². The van der Waals surface area contributed by atoms with Crippen molar-refractivity contribution in [3.63, 3.8) is 0 Å². The number of hydrogen-bond donors (Lipinski definition) is 1. The van der Waals surface area contributed by atoms with Crippen LogP contribution < -0.4 is 4.72 Å². The van der Waals surface area contributed by atoms with Crippen molar-refractivity contribution in [2.24, 2.45) is 0 Å². The molecule has 0 heterocycles. The summed E-state index contributed by atoms with van der Waals surface area (Å²) in [5.74, 6) is -2.77. The molecule has 2 rings (SSSR count). The molecule has 0 spiro atoms. The molecule has 0 aliphatic heterocycles. The molecule has 140 valence electrons. The molecule has 1 amide bonds. The second-order valence-corrected chi connectivity index (χ2v) is 8.18. The topological polar surface area (TPSA) is 66.5 Å². The molecule has 0 aromatic heterocycles. The lowest BCUT2D eigenvalue weighted by molar-refractivity contribution is -0.134. The quantitative estimate of drug-likeness (QED) is 0.832. The summed E-state index contributed by atoms with van der Waals surface area (Å²) in [4.78, 5) is 14.1. The zero-order valence-electron chi connectivity index (χ0n) is 14.5. The third-order valence-corrected chi connectivity index (χ3v) is 6.11. The van der Waals surface area contributed by atoms with Crippen LogP contribution in [0.1, 0.15) is 38.2 Å². The lowest BCUT2D eigenvalue weighted by atomic mass is 9.91. The molecule has 0 atom stereocenters. The van der Waals surface area contributed by atoms with Crippen LogP contribution in [0.2, 0.25) is 0 Å². The van der Waals surface area contributed by atoms with Crippen molar-refractivity contribution in [1.29, 1.82) is 0 Å². The van der Waals surface area contributed by atoms with E-state index in [9.17, 15) is 22.0 Å². The maximum absolute atomic E-state index is 13.2. The van der Waals surface area contributed by atoms with Gasteiger partial charge in [0, 0.05) is 32.5 Å². The van der Waals surface area contributed by atoms with Gasteiger partial charge in [0.1, 0.15) is 0 Å². The van der Waals surface area contributed by atoms with Crippen molar-refractivity contribution in [1.82, 2.24) is 9.62 Å². The number of sulfonamides is 1. The monoisotopic (exact) mass is 374 g/mol. The Morgan fingerprint density at radius 3 is 2.32 bits per heavy atom. The molecule has 1 aliphatic carbocycles. The summed E-state index contributed by atoms with van der Waals surface area (Å²) in [5.41, 5.74) is 0.688. The molecule has 1 saturated carbocycles. The number of alkyl halides is 2. The molecule has 1 aliphatic rings. The second-order valence-electron chi connectivity index (χ2n) is 6.41. The van der Waals surface area contributed by atoms with Gasteiger partial charge in [0.05, 0.1) is 11.3 Å². The molecular weight excluding hydrogens is 350 g/mol. The van der Waals surface area contributed by atoms with Crippen molar-refractivity contribution in [3.8, 4) is 0 Å². The Hall–Kier alpha value is -1.54. The highest BCUT2D eigenvalue weighted by molar-refractivity contribution is 7.89. The number of rotatable bonds is 6. The Balaban J connectivity index is 1.96. The van der Waals surface area contributed by atoms with Gasteiger partial charge in [-0.3, -0.25) is 4.79 Å². The van der Waals surface area contributed by atoms with E-state index in [1.54, 1.807) is 31.0 Å². The van der Waals surface area contributed by atoms with Crippen LogP contribution in [-0.2, 0) is 21.2 Å². The van der Waals surface area contributed by atoms with Gasteiger partial charge in [0.25, 0.3) is 0 Å². The average molecular weight is 374 g/mol. The van der Waals surface area contributed by atoms with E-state index in [1.807, 2.05) is 0 Å². The van der Waals surface area contributed by atoms with Crippen LogP contribution in [-0.4, -0.2) is 44.8 Å². The van der Waals surface area contributed by atoms with E-state index in [1.165, 1.54) is 12.1 Å². The highest BCUT2D eigenvalue weighted by Crippen LogP contribution is 2.34. The van der Waals surface area contributed by atoms with E-state index in [-0.39, 0.29) is 36.1 Å². The van der Waals surface area contributed by atoms with Gasteiger partial charge < -0.3 is 4.90 Å². The van der Waals surface area contributed by atoms with Crippen molar-refractivity contribution >= 4 is 15.9 Å². The van der Waals surface area contributed by atoms with Gasteiger partial charge in [-0.05, 0) is 30.5 Å². The summed E-state index contributed by atoms with van der Waals surface area (Å²) >= 11 is 0. The van der Waals surface area contributed by atoms with Gasteiger partial charge in [0.15, 0.2) is 0 Å². The Bertz CT molecular complexity index is 695. The molecule has 0 saturated heterocycles. The summed E-state index contributed by atoms with van der Waals surface area (Å²) in [6.07, 6.45) is 0.341. The first-order chi connectivity index (χ1) is 11.6. The third kappa shape index (κ3) is 5.22. The van der Waals surface area contributed by atoms with E-state index >= 15 is 0 Å². The first-order valence-corrected chi connectivity index (χ1v) is 9.85. The molecular formula is C17H24F2N2O3S. The number of carbonyl (C=O) groups is 1. The minimum atomic E-state index is -3.52. The number of nitrogens with zero attached hydrogens (tertiary/aromatic N) is 1. The molecule has 0 unspecified atom stereocenters. The van der Waals surface area contributed by atoms with Crippen LogP contribution in [0.15, 0.2) is 29.2 Å². The highest BCUT2D eigenvalue weighted by atomic mass is 32.2. The van der Waals surface area contributed by atoms with Crippen molar-refractivity contribution in [2.45, 2.75) is 55.9 Å². The Labute approximate surface area is 147 Å². The van der Waals surface area contributed by atoms with Gasteiger partial charge >= 0.3 is 0 Å². The van der Waals surface area contributed by atoms with E-state index in [2.05, 4.69) is 4.72 Å². The smallest absolute Gasteiger partial charge is 0.248 e. The maximum atomic E-state index is 13.2. The molecule has 1 fully saturated rings. The fourth-order valence-corrected chi connectivity index (χ4v) is 4.02. The fraction of sp³-hybridized carbons (Fsp3) is 0.588. The third-order valence-electron chi connectivity index (χ3n) is 4.55. The van der Waals surface area contributed by atoms with Gasteiger partial charge in [-0.2, -0.15) is 0 Å². The van der Waals surface area contributed by atoms with Crippen LogP contribution in [0, 0.1) is 0 Å². The predicted molar refractivity (Wildman–Crippen MR) is 91.0 cm³/mol. The summed E-state index contributed by atoms with van der Waals surface area (Å²) in [6, 6.07) is 5.96. The summed E-state index contributed by atoms with van der Waals surface area (Å²) in [7, 11) is -1.88. The molecule has 1 aromatic carbocycles. The lowest BCUT2D eigenvalue weighted by Crippen LogP contribution is -2.42. The van der Waals surface area contributed by atoms with E-state index in [4.69, 9.17) is 0 Å². The number of carbonyl (C=O) groups excluding carboxylic acids is 1. The number of amides is 1. The number of likely N-dealkylation sites (N-methyl/N-ethyl adjacent to an activating group) is 1. The first-order valence-electron chi connectivity index (χ1n) is 8.37. The van der Waals surface area contributed by atoms with E-state index in [0.717, 1.165) is 0 Å². The molecule has 1 N–H and O–H groups in total. The molecule has 0 radical (unpaired) electrons. The number of halogens is 2. The van der Waals surface area contributed by atoms with Gasteiger partial charge in [-0.25, -0.2) is 21.9 Å². The summed E-state index contributed by atoms with van der Waals surface area (Å²) in [6.45, 7) is 2.00. The van der Waals surface area contributed by atoms with Crippen molar-refractivity contribution in [2.75, 3.05) is 13.6 Å². The second kappa shape index (κ2) is 7.78. The van der Waals surface area contributed by atoms with Gasteiger partial charge in [-0.15, -0.1) is 0 Å². The maximum Gasteiger partial charge on any atom is 0.248 e. The summed E-state index contributed by atoms with van der Waals surface area (Å²) in [5, 5.41) is 0. The van der Waals surface area contributed by atoms with Gasteiger partial charge in [-0.1, -0.05) is 19.1 Å². The number of benzene rings is 1. The largest absolute Gasteiger partial charge is 0.342 e. The molecule has 25 heavy (non-hydrogen) atoms. The molecule has 5 nitrogen and oxygen atoms in total. The van der Waals surface area contributed by atoms with Crippen LogP contribution in [0.25, 0.3) is 0 Å². The minimum Gasteiger partial charge on any atom is -0.342 e. The SMILES string of the molecule is CCNS(=O)(=O)c1ccc(CC(=O)N(C)C2CCC(F)(F)CC2)cc1. The fourth-order valence-electron chi connectivity index (χ4n) is 2.97. The van der Waals surface area contributed by atoms with Gasteiger partial charge in [0.2, 0.25) is 21.9 Å². The Kier molecular flexibility index (Phi) is 6.16. The normalized spacial score (nSPS) is 18.1. The van der Waals surface area contributed by atoms with E-state index in [0.29, 0.717) is 24.9 Å². The predicted octanol–water partition coefficient (Wildman–Crippen LogP) is 2.56. The lowest BCUT2D eigenvalue weighted by Gasteiger charge is -2.34. The Morgan fingerprint density at radius 1 is 1.24 bits per heavy atom. The summed E-state index contributed by atoms with van der Waals surface area (Å²) < 4.78 is 52.6. The van der Waals surface area contributed by atoms with Crippen molar-refractivity contribution < 1.29 is 22.0 Å². The van der Waals surface area contributed by atoms with Crippen LogP contribution >= 0.6 is 0 Å². The van der Waals surface area contributed by atoms with Crippen LogP contribution in [0.5, 0.6) is 0 Å². The molecule has 8 heteroatoms. The standard InChI is InChI=1S/C17H24F2N2O3S/c1-3-20-25(23,24)15-6-4-13(5-7-15)12-16(22)21(2)14-8-10-17(18,19)11-9-14/h4-7,14,20H,3,8-12H2,1-2H3. The zero-order valence-corrected chi connectivity index (χ0v) is 15.3. The minimum absolute atomic E-state index is 0.116. The molecule has 1 aromatic rings. The zero-order chi connectivity index (χ0) is 18.7.